The summed E-state index contributed by atoms with van der Waals surface area (Å²) < 4.78 is 5.58. The molecule has 2 unspecified atom stereocenters. The van der Waals surface area contributed by atoms with Crippen molar-refractivity contribution in [1.29, 1.82) is 0 Å². The molecule has 2 N–H and O–H groups in total. The summed E-state index contributed by atoms with van der Waals surface area (Å²) in [6.45, 7) is 4.17. The lowest BCUT2D eigenvalue weighted by Gasteiger charge is -2.22. The Bertz CT molecular complexity index is 431. The molecule has 0 saturated carbocycles. The number of hydrogen-bond donors (Lipinski definition) is 2. The predicted molar refractivity (Wildman–Crippen MR) is 68.3 cm³/mol. The van der Waals surface area contributed by atoms with Gasteiger partial charge in [0.15, 0.2) is 0 Å². The first-order valence-electron chi connectivity index (χ1n) is 6.29. The first-order valence-corrected chi connectivity index (χ1v) is 6.29. The normalized spacial score (nSPS) is 22.9. The van der Waals surface area contributed by atoms with Gasteiger partial charge in [0.1, 0.15) is 11.9 Å². The topological polar surface area (TPSA) is 58.6 Å². The molecular weight excluding hydrogens is 230 g/mol. The molecule has 2 rings (SSSR count). The molecular formula is C14H19NO3. The molecule has 1 aliphatic rings. The molecule has 0 saturated heterocycles. The van der Waals surface area contributed by atoms with Gasteiger partial charge < -0.3 is 15.2 Å². The number of aliphatic hydroxyl groups excluding tert-OH is 1. The van der Waals surface area contributed by atoms with Gasteiger partial charge in [0.2, 0.25) is 5.91 Å². The van der Waals surface area contributed by atoms with E-state index in [0.29, 0.717) is 18.8 Å². The summed E-state index contributed by atoms with van der Waals surface area (Å²) in [7, 11) is 0. The minimum absolute atomic E-state index is 0.0431. The number of para-hydroxylation sites is 1. The van der Waals surface area contributed by atoms with E-state index in [4.69, 9.17) is 4.74 Å². The second kappa shape index (κ2) is 5.40. The van der Waals surface area contributed by atoms with Crippen molar-refractivity contribution in [2.45, 2.75) is 32.4 Å². The molecule has 98 valence electrons. The molecule has 1 amide bonds. The van der Waals surface area contributed by atoms with Crippen LogP contribution in [0.4, 0.5) is 0 Å². The van der Waals surface area contributed by atoms with E-state index in [1.807, 2.05) is 38.1 Å². The van der Waals surface area contributed by atoms with Crippen LogP contribution < -0.4 is 10.1 Å². The van der Waals surface area contributed by atoms with Crippen molar-refractivity contribution in [2.75, 3.05) is 6.61 Å². The van der Waals surface area contributed by atoms with Crippen molar-refractivity contribution in [2.24, 2.45) is 5.92 Å². The van der Waals surface area contributed by atoms with Crippen molar-refractivity contribution in [3.05, 3.63) is 29.8 Å². The number of amides is 1. The minimum atomic E-state index is -0.716. The Labute approximate surface area is 107 Å². The lowest BCUT2D eigenvalue weighted by atomic mass is 9.99. The molecule has 4 heteroatoms. The van der Waals surface area contributed by atoms with Crippen molar-refractivity contribution in [3.8, 4) is 5.75 Å². The zero-order valence-corrected chi connectivity index (χ0v) is 10.7. The highest BCUT2D eigenvalue weighted by Crippen LogP contribution is 2.31. The van der Waals surface area contributed by atoms with Crippen LogP contribution in [0.5, 0.6) is 5.75 Å². The molecule has 0 fully saturated rings. The third kappa shape index (κ3) is 2.64. The predicted octanol–water partition coefficient (Wildman–Crippen LogP) is 1.64. The molecule has 0 aliphatic carbocycles. The van der Waals surface area contributed by atoms with Crippen molar-refractivity contribution < 1.29 is 14.6 Å². The number of benzene rings is 1. The number of carbonyl (C=O) groups is 1. The number of rotatable bonds is 2. The zero-order chi connectivity index (χ0) is 13.1. The Kier molecular flexibility index (Phi) is 3.87. The second-order valence-corrected chi connectivity index (χ2v) is 4.89. The van der Waals surface area contributed by atoms with Crippen LogP contribution in [0.2, 0.25) is 0 Å². The van der Waals surface area contributed by atoms with E-state index in [2.05, 4.69) is 5.32 Å². The van der Waals surface area contributed by atoms with E-state index in [9.17, 15) is 9.90 Å². The SMILES string of the molecule is CC(C)C(=O)NC1CCOc2ccccc2C1O. The van der Waals surface area contributed by atoms with Crippen LogP contribution >= 0.6 is 0 Å². The Morgan fingerprint density at radius 1 is 1.44 bits per heavy atom. The Morgan fingerprint density at radius 2 is 2.17 bits per heavy atom. The first-order chi connectivity index (χ1) is 8.59. The van der Waals surface area contributed by atoms with Crippen LogP contribution in [0.3, 0.4) is 0 Å². The number of ether oxygens (including phenoxy) is 1. The third-order valence-electron chi connectivity index (χ3n) is 3.16. The summed E-state index contributed by atoms with van der Waals surface area (Å²) >= 11 is 0. The maximum absolute atomic E-state index is 11.7. The second-order valence-electron chi connectivity index (χ2n) is 4.89. The number of aliphatic hydroxyl groups is 1. The van der Waals surface area contributed by atoms with Crippen LogP contribution in [0.25, 0.3) is 0 Å². The lowest BCUT2D eigenvalue weighted by Crippen LogP contribution is -2.41. The maximum atomic E-state index is 11.7. The van der Waals surface area contributed by atoms with Gasteiger partial charge in [-0.3, -0.25) is 4.79 Å². The number of hydrogen-bond acceptors (Lipinski definition) is 3. The fourth-order valence-corrected chi connectivity index (χ4v) is 2.03. The average Bonchev–Trinajstić information content (AvgIpc) is 2.51. The lowest BCUT2D eigenvalue weighted by molar-refractivity contribution is -0.125. The van der Waals surface area contributed by atoms with E-state index < -0.39 is 6.10 Å². The Morgan fingerprint density at radius 3 is 2.89 bits per heavy atom. The Hall–Kier alpha value is -1.55. The number of nitrogens with one attached hydrogen (secondary N) is 1. The average molecular weight is 249 g/mol. The van der Waals surface area contributed by atoms with Crippen molar-refractivity contribution >= 4 is 5.91 Å². The summed E-state index contributed by atoms with van der Waals surface area (Å²) in [6, 6.07) is 7.12. The van der Waals surface area contributed by atoms with E-state index in [-0.39, 0.29) is 17.9 Å². The largest absolute Gasteiger partial charge is 0.493 e. The fraction of sp³-hybridized carbons (Fsp3) is 0.500. The van der Waals surface area contributed by atoms with E-state index in [1.54, 1.807) is 0 Å². The van der Waals surface area contributed by atoms with Crippen molar-refractivity contribution in [3.63, 3.8) is 0 Å². The van der Waals surface area contributed by atoms with Crippen molar-refractivity contribution in [1.82, 2.24) is 5.32 Å². The molecule has 0 bridgehead atoms. The summed E-state index contributed by atoms with van der Waals surface area (Å²) in [6.07, 6.45) is -0.111. The van der Waals surface area contributed by atoms with Gasteiger partial charge in [-0.1, -0.05) is 32.0 Å². The molecule has 1 aliphatic heterocycles. The highest BCUT2D eigenvalue weighted by atomic mass is 16.5. The number of fused-ring (bicyclic) bond motifs is 1. The molecule has 1 aromatic rings. The summed E-state index contributed by atoms with van der Waals surface area (Å²) in [5, 5.41) is 13.2. The van der Waals surface area contributed by atoms with Gasteiger partial charge in [0, 0.05) is 17.9 Å². The van der Waals surface area contributed by atoms with Crippen LogP contribution in [-0.4, -0.2) is 23.7 Å². The third-order valence-corrected chi connectivity index (χ3v) is 3.16. The van der Waals surface area contributed by atoms with Gasteiger partial charge in [0.05, 0.1) is 12.6 Å². The van der Waals surface area contributed by atoms with Crippen LogP contribution in [0, 0.1) is 5.92 Å². The first kappa shape index (κ1) is 12.9. The smallest absolute Gasteiger partial charge is 0.222 e. The standard InChI is InChI=1S/C14H19NO3/c1-9(2)14(17)15-11-7-8-18-12-6-4-3-5-10(12)13(11)16/h3-6,9,11,13,16H,7-8H2,1-2H3,(H,15,17). The molecule has 1 heterocycles. The molecule has 4 nitrogen and oxygen atoms in total. The monoisotopic (exact) mass is 249 g/mol. The summed E-state index contributed by atoms with van der Waals surface area (Å²) in [5.74, 6) is 0.571. The Balaban J connectivity index is 2.17. The fourth-order valence-electron chi connectivity index (χ4n) is 2.03. The van der Waals surface area contributed by atoms with Gasteiger partial charge in [-0.25, -0.2) is 0 Å². The van der Waals surface area contributed by atoms with Gasteiger partial charge in [-0.15, -0.1) is 0 Å². The van der Waals surface area contributed by atoms with E-state index in [1.165, 1.54) is 0 Å². The van der Waals surface area contributed by atoms with Gasteiger partial charge in [0.25, 0.3) is 0 Å². The maximum Gasteiger partial charge on any atom is 0.222 e. The highest BCUT2D eigenvalue weighted by molar-refractivity contribution is 5.78. The van der Waals surface area contributed by atoms with Crippen LogP contribution in [-0.2, 0) is 4.79 Å². The van der Waals surface area contributed by atoms with Gasteiger partial charge in [-0.05, 0) is 6.07 Å². The van der Waals surface area contributed by atoms with E-state index in [0.717, 1.165) is 5.56 Å². The van der Waals surface area contributed by atoms with Crippen LogP contribution in [0.1, 0.15) is 31.9 Å². The van der Waals surface area contributed by atoms with Gasteiger partial charge in [-0.2, -0.15) is 0 Å². The zero-order valence-electron chi connectivity index (χ0n) is 10.7. The number of carbonyl (C=O) groups excluding carboxylic acids is 1. The highest BCUT2D eigenvalue weighted by Gasteiger charge is 2.28. The van der Waals surface area contributed by atoms with Gasteiger partial charge >= 0.3 is 0 Å². The van der Waals surface area contributed by atoms with E-state index >= 15 is 0 Å². The summed E-state index contributed by atoms with van der Waals surface area (Å²) in [5.41, 5.74) is 0.740. The molecule has 18 heavy (non-hydrogen) atoms. The molecule has 0 aromatic heterocycles. The molecule has 0 spiro atoms. The minimum Gasteiger partial charge on any atom is -0.493 e. The quantitative estimate of drug-likeness (QED) is 0.837. The molecule has 1 aromatic carbocycles. The summed E-state index contributed by atoms with van der Waals surface area (Å²) in [4.78, 5) is 11.7. The van der Waals surface area contributed by atoms with Crippen LogP contribution in [0.15, 0.2) is 24.3 Å². The molecule has 0 radical (unpaired) electrons. The molecule has 2 atom stereocenters.